The molecule has 4 nitrogen and oxygen atoms in total. The molecule has 0 saturated carbocycles. The molecule has 0 N–H and O–H groups in total. The van der Waals surface area contributed by atoms with E-state index in [0.717, 1.165) is 59.5 Å². The minimum Gasteiger partial charge on any atom is -0.491 e. The van der Waals surface area contributed by atoms with E-state index in [1.807, 2.05) is 29.2 Å². The summed E-state index contributed by atoms with van der Waals surface area (Å²) in [5.74, 6) is 0.947. The normalized spacial score (nSPS) is 19.3. The molecule has 3 aromatic rings. The van der Waals surface area contributed by atoms with Crippen LogP contribution >= 0.6 is 0 Å². The second-order valence-corrected chi connectivity index (χ2v) is 7.82. The van der Waals surface area contributed by atoms with E-state index in [4.69, 9.17) is 4.74 Å². The topological polar surface area (TPSA) is 42.4 Å². The summed E-state index contributed by atoms with van der Waals surface area (Å²) < 4.78 is 6.14. The van der Waals surface area contributed by atoms with Crippen LogP contribution in [0.3, 0.4) is 0 Å². The first-order valence-corrected chi connectivity index (χ1v) is 10.3. The van der Waals surface area contributed by atoms with Crippen molar-refractivity contribution in [3.8, 4) is 16.9 Å². The summed E-state index contributed by atoms with van der Waals surface area (Å²) in [4.78, 5) is 19.8. The molecule has 1 aromatic heterocycles. The second-order valence-electron chi connectivity index (χ2n) is 7.82. The van der Waals surface area contributed by atoms with Gasteiger partial charge in [0.25, 0.3) is 0 Å². The minimum absolute atomic E-state index is 0.144. The van der Waals surface area contributed by atoms with Crippen LogP contribution in [0.1, 0.15) is 37.3 Å². The average Bonchev–Trinajstić information content (AvgIpc) is 3.27. The summed E-state index contributed by atoms with van der Waals surface area (Å²) in [6.07, 6.45) is 6.85. The second kappa shape index (κ2) is 7.03. The van der Waals surface area contributed by atoms with Crippen LogP contribution in [0.2, 0.25) is 0 Å². The van der Waals surface area contributed by atoms with Crippen LogP contribution in [-0.4, -0.2) is 24.0 Å². The fraction of sp³-hybridized carbons (Fsp3) is 0.280. The lowest BCUT2D eigenvalue weighted by Gasteiger charge is -2.23. The number of carbonyl (C=O) groups excluding carboxylic acids is 1. The van der Waals surface area contributed by atoms with Gasteiger partial charge in [-0.05, 0) is 47.4 Å². The first-order valence-electron chi connectivity index (χ1n) is 10.3. The highest BCUT2D eigenvalue weighted by Gasteiger charge is 2.56. The molecule has 0 radical (unpaired) electrons. The van der Waals surface area contributed by atoms with Crippen LogP contribution < -0.4 is 9.64 Å². The highest BCUT2D eigenvalue weighted by atomic mass is 16.5. The first kappa shape index (κ1) is 17.9. The van der Waals surface area contributed by atoms with Crippen LogP contribution in [0.4, 0.5) is 5.69 Å². The van der Waals surface area contributed by atoms with Crippen LogP contribution in [0.25, 0.3) is 11.1 Å². The summed E-state index contributed by atoms with van der Waals surface area (Å²) in [7, 11) is 0. The number of anilines is 1. The van der Waals surface area contributed by atoms with Gasteiger partial charge in [-0.25, -0.2) is 0 Å². The lowest BCUT2D eigenvalue weighted by atomic mass is 9.77. The van der Waals surface area contributed by atoms with E-state index in [2.05, 4.69) is 42.2 Å². The number of ether oxygens (including phenoxy) is 1. The zero-order valence-electron chi connectivity index (χ0n) is 16.6. The van der Waals surface area contributed by atoms with Gasteiger partial charge in [-0.2, -0.15) is 0 Å². The number of pyridine rings is 1. The molecule has 0 fully saturated rings. The van der Waals surface area contributed by atoms with Gasteiger partial charge in [0.2, 0.25) is 5.91 Å². The number of fused-ring (bicyclic) bond motifs is 4. The summed E-state index contributed by atoms with van der Waals surface area (Å²) >= 11 is 0. The largest absolute Gasteiger partial charge is 0.491 e. The lowest BCUT2D eigenvalue weighted by Crippen LogP contribution is -2.42. The van der Waals surface area contributed by atoms with Crippen molar-refractivity contribution in [2.75, 3.05) is 18.1 Å². The number of amides is 1. The minimum atomic E-state index is -0.727. The van der Waals surface area contributed by atoms with Gasteiger partial charge in [-0.1, -0.05) is 50.1 Å². The fourth-order valence-electron chi connectivity index (χ4n) is 4.65. The molecule has 1 spiro atoms. The van der Waals surface area contributed by atoms with Crippen LogP contribution in [0.5, 0.6) is 5.75 Å². The summed E-state index contributed by atoms with van der Waals surface area (Å²) in [6, 6.07) is 18.4. The molecule has 0 saturated heterocycles. The summed E-state index contributed by atoms with van der Waals surface area (Å²) in [5, 5.41) is 0. The first-order chi connectivity index (χ1) is 14.3. The highest BCUT2D eigenvalue weighted by molar-refractivity contribution is 6.11. The van der Waals surface area contributed by atoms with Crippen molar-refractivity contribution in [3.63, 3.8) is 0 Å². The molecular formula is C25H24N2O2. The van der Waals surface area contributed by atoms with Gasteiger partial charge in [0.05, 0.1) is 0 Å². The predicted molar refractivity (Wildman–Crippen MR) is 114 cm³/mol. The Hall–Kier alpha value is -3.14. The number of unbranched alkanes of at least 4 members (excludes halogenated alkanes) is 2. The van der Waals surface area contributed by atoms with E-state index in [9.17, 15) is 4.79 Å². The molecule has 4 heteroatoms. The van der Waals surface area contributed by atoms with Crippen molar-refractivity contribution in [1.82, 2.24) is 4.98 Å². The van der Waals surface area contributed by atoms with Crippen molar-refractivity contribution in [2.45, 2.75) is 31.6 Å². The molecule has 2 aliphatic rings. The van der Waals surface area contributed by atoms with Gasteiger partial charge in [0.15, 0.2) is 0 Å². The average molecular weight is 384 g/mol. The molecule has 1 amide bonds. The molecule has 0 aliphatic carbocycles. The molecule has 2 aromatic carbocycles. The Bertz CT molecular complexity index is 1060. The van der Waals surface area contributed by atoms with E-state index >= 15 is 0 Å². The van der Waals surface area contributed by atoms with Gasteiger partial charge in [0, 0.05) is 30.2 Å². The Kier molecular flexibility index (Phi) is 4.35. The molecule has 146 valence electrons. The standard InChI is InChI=1S/C25H24N2O2/c1-2-3-6-15-27-22-8-5-4-7-20(22)25(24(27)28)17-29-23-16-19(9-10-21(23)25)18-11-13-26-14-12-18/h4-5,7-14,16H,2-3,6,15,17H2,1H3. The zero-order valence-corrected chi connectivity index (χ0v) is 16.6. The Morgan fingerprint density at radius 1 is 1.00 bits per heavy atom. The predicted octanol–water partition coefficient (Wildman–Crippen LogP) is 4.96. The maximum Gasteiger partial charge on any atom is 0.245 e. The third kappa shape index (κ3) is 2.66. The quantitative estimate of drug-likeness (QED) is 0.584. The van der Waals surface area contributed by atoms with Crippen LogP contribution in [0, 0.1) is 0 Å². The lowest BCUT2D eigenvalue weighted by molar-refractivity contribution is -0.122. The zero-order chi connectivity index (χ0) is 19.8. The summed E-state index contributed by atoms with van der Waals surface area (Å²) in [5.41, 5.74) is 4.51. The van der Waals surface area contributed by atoms with Gasteiger partial charge in [-0.15, -0.1) is 0 Å². The smallest absolute Gasteiger partial charge is 0.245 e. The van der Waals surface area contributed by atoms with Gasteiger partial charge >= 0.3 is 0 Å². The highest BCUT2D eigenvalue weighted by Crippen LogP contribution is 2.52. The van der Waals surface area contributed by atoms with Gasteiger partial charge < -0.3 is 9.64 Å². The Morgan fingerprint density at radius 3 is 2.66 bits per heavy atom. The molecular weight excluding hydrogens is 360 g/mol. The van der Waals surface area contributed by atoms with Crippen LogP contribution in [0.15, 0.2) is 67.0 Å². The molecule has 1 atom stereocenters. The van der Waals surface area contributed by atoms with E-state index in [-0.39, 0.29) is 5.91 Å². The molecule has 2 aliphatic heterocycles. The number of nitrogens with zero attached hydrogens (tertiary/aromatic N) is 2. The number of rotatable bonds is 5. The van der Waals surface area contributed by atoms with E-state index < -0.39 is 5.41 Å². The Labute approximate surface area is 171 Å². The molecule has 3 heterocycles. The monoisotopic (exact) mass is 384 g/mol. The molecule has 0 bridgehead atoms. The Morgan fingerprint density at radius 2 is 1.83 bits per heavy atom. The SMILES string of the molecule is CCCCCN1C(=O)C2(COc3cc(-c4ccncc4)ccc32)c2ccccc21. The van der Waals surface area contributed by atoms with E-state index in [0.29, 0.717) is 6.61 Å². The van der Waals surface area contributed by atoms with Crippen molar-refractivity contribution in [2.24, 2.45) is 0 Å². The molecule has 1 unspecified atom stereocenters. The molecule has 5 rings (SSSR count). The number of hydrogen-bond donors (Lipinski definition) is 0. The van der Waals surface area contributed by atoms with Gasteiger partial charge in [-0.3, -0.25) is 9.78 Å². The number of para-hydroxylation sites is 1. The van der Waals surface area contributed by atoms with Crippen molar-refractivity contribution in [3.05, 3.63) is 78.1 Å². The number of benzene rings is 2. The van der Waals surface area contributed by atoms with Crippen molar-refractivity contribution >= 4 is 11.6 Å². The van der Waals surface area contributed by atoms with Crippen LogP contribution in [-0.2, 0) is 10.2 Å². The third-order valence-corrected chi connectivity index (χ3v) is 6.15. The van der Waals surface area contributed by atoms with E-state index in [1.165, 1.54) is 0 Å². The number of carbonyl (C=O) groups is 1. The fourth-order valence-corrected chi connectivity index (χ4v) is 4.65. The van der Waals surface area contributed by atoms with Gasteiger partial charge in [0.1, 0.15) is 17.8 Å². The van der Waals surface area contributed by atoms with Crippen molar-refractivity contribution < 1.29 is 9.53 Å². The number of aromatic nitrogens is 1. The van der Waals surface area contributed by atoms with Crippen molar-refractivity contribution in [1.29, 1.82) is 0 Å². The Balaban J connectivity index is 1.58. The maximum atomic E-state index is 13.7. The van der Waals surface area contributed by atoms with E-state index in [1.54, 1.807) is 12.4 Å². The number of hydrogen-bond acceptors (Lipinski definition) is 3. The third-order valence-electron chi connectivity index (χ3n) is 6.15. The maximum absolute atomic E-state index is 13.7. The summed E-state index contributed by atoms with van der Waals surface area (Å²) in [6.45, 7) is 3.31. The molecule has 29 heavy (non-hydrogen) atoms.